The molecule has 0 aliphatic heterocycles. The molecular formula is C9H9F4NO. The minimum absolute atomic E-state index is 0.0696. The Labute approximate surface area is 83.6 Å². The summed E-state index contributed by atoms with van der Waals surface area (Å²) in [5.41, 5.74) is 3.95. The van der Waals surface area contributed by atoms with Crippen molar-refractivity contribution >= 4 is 0 Å². The molecule has 1 aromatic rings. The van der Waals surface area contributed by atoms with Gasteiger partial charge in [-0.25, -0.2) is 4.39 Å². The van der Waals surface area contributed by atoms with Gasteiger partial charge in [0, 0.05) is 0 Å². The van der Waals surface area contributed by atoms with Gasteiger partial charge in [0.15, 0.2) is 0 Å². The van der Waals surface area contributed by atoms with Gasteiger partial charge in [0.05, 0.1) is 18.9 Å². The summed E-state index contributed by atoms with van der Waals surface area (Å²) in [4.78, 5) is 0. The van der Waals surface area contributed by atoms with Crippen LogP contribution in [0.3, 0.4) is 0 Å². The fraction of sp³-hybridized carbons (Fsp3) is 0.333. The maximum atomic E-state index is 12.8. The van der Waals surface area contributed by atoms with Gasteiger partial charge in [0.1, 0.15) is 5.82 Å². The first-order chi connectivity index (χ1) is 6.95. The number of halogens is 4. The number of hydrogen-bond donors (Lipinski definition) is 1. The van der Waals surface area contributed by atoms with Crippen molar-refractivity contribution in [2.24, 2.45) is 5.73 Å². The molecule has 2 N–H and O–H groups in total. The van der Waals surface area contributed by atoms with Crippen LogP contribution in [-0.4, -0.2) is 6.73 Å². The van der Waals surface area contributed by atoms with Gasteiger partial charge in [-0.3, -0.25) is 0 Å². The van der Waals surface area contributed by atoms with E-state index in [9.17, 15) is 17.6 Å². The van der Waals surface area contributed by atoms with Crippen LogP contribution < -0.4 is 5.73 Å². The number of nitrogens with two attached hydrogens (primary N) is 1. The summed E-state index contributed by atoms with van der Waals surface area (Å²) in [7, 11) is 0. The maximum Gasteiger partial charge on any atom is 0.419 e. The third-order valence-corrected chi connectivity index (χ3v) is 1.72. The van der Waals surface area contributed by atoms with E-state index in [0.29, 0.717) is 6.07 Å². The van der Waals surface area contributed by atoms with Crippen molar-refractivity contribution in [3.05, 3.63) is 35.1 Å². The molecule has 15 heavy (non-hydrogen) atoms. The van der Waals surface area contributed by atoms with Gasteiger partial charge in [-0.2, -0.15) is 13.2 Å². The van der Waals surface area contributed by atoms with E-state index in [-0.39, 0.29) is 18.9 Å². The lowest BCUT2D eigenvalue weighted by Crippen LogP contribution is -2.10. The minimum Gasteiger partial charge on any atom is -0.362 e. The summed E-state index contributed by atoms with van der Waals surface area (Å²) in [5.74, 6) is -1.29. The molecule has 0 saturated carbocycles. The third kappa shape index (κ3) is 3.17. The zero-order chi connectivity index (χ0) is 11.5. The molecule has 1 aromatic carbocycles. The van der Waals surface area contributed by atoms with E-state index in [1.165, 1.54) is 6.07 Å². The van der Waals surface area contributed by atoms with E-state index >= 15 is 0 Å². The smallest absolute Gasteiger partial charge is 0.362 e. The van der Waals surface area contributed by atoms with Crippen LogP contribution in [0.4, 0.5) is 17.6 Å². The Morgan fingerprint density at radius 3 is 2.47 bits per heavy atom. The normalized spacial score (nSPS) is 11.8. The molecule has 6 heteroatoms. The minimum atomic E-state index is -4.69. The zero-order valence-corrected chi connectivity index (χ0v) is 7.64. The van der Waals surface area contributed by atoms with Crippen molar-refractivity contribution < 1.29 is 22.3 Å². The Hall–Kier alpha value is -1.14. The van der Waals surface area contributed by atoms with E-state index in [4.69, 9.17) is 10.5 Å². The molecule has 84 valence electrons. The summed E-state index contributed by atoms with van der Waals surface area (Å²) in [6.45, 7) is -0.168. The van der Waals surface area contributed by atoms with Gasteiger partial charge >= 0.3 is 6.18 Å². The monoisotopic (exact) mass is 223 g/mol. The Bertz CT molecular complexity index is 337. The fourth-order valence-electron chi connectivity index (χ4n) is 1.06. The first-order valence-corrected chi connectivity index (χ1v) is 4.08. The van der Waals surface area contributed by atoms with Crippen LogP contribution in [0.5, 0.6) is 0 Å². The number of alkyl halides is 3. The zero-order valence-electron chi connectivity index (χ0n) is 7.64. The topological polar surface area (TPSA) is 35.2 Å². The molecule has 0 bridgehead atoms. The van der Waals surface area contributed by atoms with Crippen LogP contribution in [0, 0.1) is 5.82 Å². The predicted molar refractivity (Wildman–Crippen MR) is 45.2 cm³/mol. The van der Waals surface area contributed by atoms with Crippen LogP contribution in [0.25, 0.3) is 0 Å². The second-order valence-electron chi connectivity index (χ2n) is 2.83. The lowest BCUT2D eigenvalue weighted by molar-refractivity contribution is -0.140. The molecule has 0 amide bonds. The highest BCUT2D eigenvalue weighted by molar-refractivity contribution is 5.26. The van der Waals surface area contributed by atoms with Gasteiger partial charge < -0.3 is 10.5 Å². The first kappa shape index (κ1) is 11.9. The van der Waals surface area contributed by atoms with E-state index < -0.39 is 17.6 Å². The van der Waals surface area contributed by atoms with E-state index in [0.717, 1.165) is 6.07 Å². The van der Waals surface area contributed by atoms with Crippen molar-refractivity contribution in [3.63, 3.8) is 0 Å². The Morgan fingerprint density at radius 2 is 1.93 bits per heavy atom. The molecule has 0 heterocycles. The largest absolute Gasteiger partial charge is 0.419 e. The second kappa shape index (κ2) is 4.59. The lowest BCUT2D eigenvalue weighted by Gasteiger charge is -2.09. The average Bonchev–Trinajstić information content (AvgIpc) is 2.15. The summed E-state index contributed by atoms with van der Waals surface area (Å²) < 4.78 is 54.3. The van der Waals surface area contributed by atoms with Crippen molar-refractivity contribution in [2.75, 3.05) is 6.73 Å². The number of rotatable bonds is 3. The Kier molecular flexibility index (Phi) is 3.65. The van der Waals surface area contributed by atoms with Crippen molar-refractivity contribution in [1.29, 1.82) is 0 Å². The third-order valence-electron chi connectivity index (χ3n) is 1.72. The highest BCUT2D eigenvalue weighted by atomic mass is 19.4. The highest BCUT2D eigenvalue weighted by Crippen LogP contribution is 2.31. The summed E-state index contributed by atoms with van der Waals surface area (Å²) in [5, 5.41) is 0. The number of ether oxygens (including phenoxy) is 1. The molecular weight excluding hydrogens is 214 g/mol. The van der Waals surface area contributed by atoms with Crippen LogP contribution in [-0.2, 0) is 17.5 Å². The average molecular weight is 223 g/mol. The van der Waals surface area contributed by atoms with Crippen LogP contribution in [0.2, 0.25) is 0 Å². The lowest BCUT2D eigenvalue weighted by atomic mass is 10.1. The van der Waals surface area contributed by atoms with Crippen LogP contribution in [0.15, 0.2) is 18.2 Å². The molecule has 0 aliphatic carbocycles. The molecule has 0 aliphatic rings. The molecule has 0 spiro atoms. The van der Waals surface area contributed by atoms with Crippen LogP contribution in [0.1, 0.15) is 11.1 Å². The number of benzene rings is 1. The maximum absolute atomic E-state index is 12.8. The van der Waals surface area contributed by atoms with Gasteiger partial charge in [-0.15, -0.1) is 0 Å². The molecule has 0 saturated heterocycles. The van der Waals surface area contributed by atoms with Crippen LogP contribution >= 0.6 is 0 Å². The highest BCUT2D eigenvalue weighted by Gasteiger charge is 2.34. The molecule has 1 rings (SSSR count). The molecule has 0 atom stereocenters. The Morgan fingerprint density at radius 1 is 1.27 bits per heavy atom. The summed E-state index contributed by atoms with van der Waals surface area (Å²) in [6, 6.07) is 2.70. The second-order valence-corrected chi connectivity index (χ2v) is 2.83. The first-order valence-electron chi connectivity index (χ1n) is 4.08. The molecule has 0 fully saturated rings. The van der Waals surface area contributed by atoms with Gasteiger partial charge in [0.25, 0.3) is 0 Å². The van der Waals surface area contributed by atoms with E-state index in [1.807, 2.05) is 0 Å². The molecule has 0 radical (unpaired) electrons. The fourth-order valence-corrected chi connectivity index (χ4v) is 1.06. The Balaban J connectivity index is 2.95. The van der Waals surface area contributed by atoms with E-state index in [2.05, 4.69) is 0 Å². The van der Waals surface area contributed by atoms with Crippen molar-refractivity contribution in [1.82, 2.24) is 0 Å². The van der Waals surface area contributed by atoms with Gasteiger partial charge in [-0.1, -0.05) is 6.07 Å². The summed E-state index contributed by atoms with van der Waals surface area (Å²) >= 11 is 0. The SMILES string of the molecule is NCOCc1ccc(F)c(C(F)(F)F)c1. The molecule has 2 nitrogen and oxygen atoms in total. The van der Waals surface area contributed by atoms with Crippen molar-refractivity contribution in [3.8, 4) is 0 Å². The standard InChI is InChI=1S/C9H9F4NO/c10-8-2-1-6(4-15-5-14)3-7(8)9(11,12)13/h1-3H,4-5,14H2. The predicted octanol–water partition coefficient (Wildman–Crippen LogP) is 2.28. The molecule has 0 aromatic heterocycles. The van der Waals surface area contributed by atoms with Gasteiger partial charge in [0.2, 0.25) is 0 Å². The van der Waals surface area contributed by atoms with Crippen molar-refractivity contribution in [2.45, 2.75) is 12.8 Å². The number of hydrogen-bond acceptors (Lipinski definition) is 2. The quantitative estimate of drug-likeness (QED) is 0.630. The van der Waals surface area contributed by atoms with Gasteiger partial charge in [-0.05, 0) is 17.7 Å². The summed E-state index contributed by atoms with van der Waals surface area (Å²) in [6.07, 6.45) is -4.69. The van der Waals surface area contributed by atoms with E-state index in [1.54, 1.807) is 0 Å². The molecule has 0 unspecified atom stereocenters.